The highest BCUT2D eigenvalue weighted by Crippen LogP contribution is 2.26. The average Bonchev–Trinajstić information content (AvgIpc) is 2.31. The molecule has 1 nitrogen and oxygen atoms in total. The van der Waals surface area contributed by atoms with E-state index in [1.165, 1.54) is 22.5 Å². The molecular weight excluding hydrogens is 202 g/mol. The Balaban J connectivity index is 3.01. The molecule has 0 saturated heterocycles. The van der Waals surface area contributed by atoms with Gasteiger partial charge in [0.05, 0.1) is 0 Å². The Bertz CT molecular complexity index is 348. The second-order valence-electron chi connectivity index (χ2n) is 4.16. The molecular formula is C13H21NS. The molecule has 1 N–H and O–H groups in total. The molecule has 0 amide bonds. The first-order chi connectivity index (χ1) is 7.06. The molecule has 0 aromatic carbocycles. The fourth-order valence-electron chi connectivity index (χ4n) is 1.79. The SMILES string of the molecule is CCCC1=C(C)C(C)C=C([S@](C)=N)C=C1. The predicted octanol–water partition coefficient (Wildman–Crippen LogP) is 4.20. The minimum atomic E-state index is -0.370. The largest absolute Gasteiger partial charge is 0.276 e. The van der Waals surface area contributed by atoms with Gasteiger partial charge in [0.2, 0.25) is 0 Å². The molecule has 0 aliphatic heterocycles. The average molecular weight is 223 g/mol. The second-order valence-corrected chi connectivity index (χ2v) is 5.65. The maximum absolute atomic E-state index is 7.78. The van der Waals surface area contributed by atoms with Crippen molar-refractivity contribution in [1.82, 2.24) is 0 Å². The van der Waals surface area contributed by atoms with E-state index in [0.29, 0.717) is 5.92 Å². The van der Waals surface area contributed by atoms with Crippen LogP contribution in [0.1, 0.15) is 33.6 Å². The molecule has 0 fully saturated rings. The van der Waals surface area contributed by atoms with Crippen molar-refractivity contribution in [3.05, 3.63) is 34.3 Å². The molecule has 0 spiro atoms. The first-order valence-electron chi connectivity index (χ1n) is 5.53. The van der Waals surface area contributed by atoms with Gasteiger partial charge in [-0.1, -0.05) is 48.7 Å². The zero-order valence-corrected chi connectivity index (χ0v) is 10.9. The smallest absolute Gasteiger partial charge is 0.0144 e. The lowest BCUT2D eigenvalue weighted by molar-refractivity contribution is 0.819. The van der Waals surface area contributed by atoms with Crippen LogP contribution in [0.4, 0.5) is 0 Å². The molecule has 84 valence electrons. The van der Waals surface area contributed by atoms with Crippen LogP contribution in [-0.4, -0.2) is 6.26 Å². The van der Waals surface area contributed by atoms with Gasteiger partial charge in [0.25, 0.3) is 0 Å². The Hall–Kier alpha value is -0.630. The zero-order valence-electron chi connectivity index (χ0n) is 10.1. The number of allylic oxidation sites excluding steroid dienone is 5. The van der Waals surface area contributed by atoms with Crippen LogP contribution in [0, 0.1) is 10.7 Å². The molecule has 1 unspecified atom stereocenters. The second kappa shape index (κ2) is 5.45. The van der Waals surface area contributed by atoms with Gasteiger partial charge >= 0.3 is 0 Å². The summed E-state index contributed by atoms with van der Waals surface area (Å²) in [7, 11) is -0.370. The van der Waals surface area contributed by atoms with Crippen molar-refractivity contribution < 1.29 is 0 Å². The third kappa shape index (κ3) is 3.16. The first-order valence-corrected chi connectivity index (χ1v) is 7.16. The summed E-state index contributed by atoms with van der Waals surface area (Å²) >= 11 is 0. The van der Waals surface area contributed by atoms with Crippen molar-refractivity contribution in [2.45, 2.75) is 33.6 Å². The number of rotatable bonds is 3. The van der Waals surface area contributed by atoms with Crippen molar-refractivity contribution in [3.8, 4) is 0 Å². The molecule has 1 aliphatic carbocycles. The van der Waals surface area contributed by atoms with Crippen LogP contribution >= 0.6 is 0 Å². The molecule has 2 heteroatoms. The third-order valence-electron chi connectivity index (χ3n) is 2.93. The number of hydrogen-bond acceptors (Lipinski definition) is 1. The number of nitrogens with one attached hydrogen (secondary N) is 1. The quantitative estimate of drug-likeness (QED) is 0.741. The Kier molecular flexibility index (Phi) is 4.52. The van der Waals surface area contributed by atoms with Crippen LogP contribution in [0.2, 0.25) is 0 Å². The van der Waals surface area contributed by atoms with E-state index in [0.717, 1.165) is 6.42 Å². The number of hydrogen-bond donors (Lipinski definition) is 1. The van der Waals surface area contributed by atoms with E-state index in [4.69, 9.17) is 4.78 Å². The van der Waals surface area contributed by atoms with Crippen molar-refractivity contribution in [2.24, 2.45) is 5.92 Å². The van der Waals surface area contributed by atoms with Gasteiger partial charge in [-0.15, -0.1) is 0 Å². The van der Waals surface area contributed by atoms with Crippen molar-refractivity contribution >= 4 is 10.7 Å². The summed E-state index contributed by atoms with van der Waals surface area (Å²) < 4.78 is 7.78. The van der Waals surface area contributed by atoms with Gasteiger partial charge in [0, 0.05) is 4.91 Å². The molecule has 0 aromatic heterocycles. The van der Waals surface area contributed by atoms with Crippen LogP contribution < -0.4 is 0 Å². The van der Waals surface area contributed by atoms with Crippen LogP contribution in [0.25, 0.3) is 0 Å². The maximum Gasteiger partial charge on any atom is 0.0144 e. The van der Waals surface area contributed by atoms with Crippen molar-refractivity contribution in [1.29, 1.82) is 4.78 Å². The third-order valence-corrected chi connectivity index (χ3v) is 3.90. The molecule has 0 bridgehead atoms. The normalized spacial score (nSPS) is 23.7. The minimum absolute atomic E-state index is 0.370. The van der Waals surface area contributed by atoms with E-state index >= 15 is 0 Å². The lowest BCUT2D eigenvalue weighted by Gasteiger charge is -2.10. The lowest BCUT2D eigenvalue weighted by Crippen LogP contribution is -1.96. The molecule has 0 heterocycles. The molecule has 0 radical (unpaired) electrons. The summed E-state index contributed by atoms with van der Waals surface area (Å²) in [6.45, 7) is 6.66. The summed E-state index contributed by atoms with van der Waals surface area (Å²) in [6.07, 6.45) is 10.9. The van der Waals surface area contributed by atoms with Crippen LogP contribution in [0.5, 0.6) is 0 Å². The molecule has 2 atom stereocenters. The fraction of sp³-hybridized carbons (Fsp3) is 0.538. The van der Waals surface area contributed by atoms with E-state index in [-0.39, 0.29) is 10.7 Å². The Labute approximate surface area is 95.9 Å². The summed E-state index contributed by atoms with van der Waals surface area (Å²) in [4.78, 5) is 1.17. The van der Waals surface area contributed by atoms with Crippen molar-refractivity contribution in [3.63, 3.8) is 0 Å². The van der Waals surface area contributed by atoms with E-state index in [1.807, 2.05) is 6.26 Å². The highest BCUT2D eigenvalue weighted by Gasteiger charge is 2.10. The summed E-state index contributed by atoms with van der Waals surface area (Å²) in [5.74, 6) is 0.483. The molecule has 1 aliphatic rings. The maximum atomic E-state index is 7.78. The highest BCUT2D eigenvalue weighted by atomic mass is 32.2. The summed E-state index contributed by atoms with van der Waals surface area (Å²) in [5, 5.41) is 0. The van der Waals surface area contributed by atoms with Crippen molar-refractivity contribution in [2.75, 3.05) is 6.26 Å². The van der Waals surface area contributed by atoms with Gasteiger partial charge in [-0.2, -0.15) is 0 Å². The molecule has 1 rings (SSSR count). The topological polar surface area (TPSA) is 23.9 Å². The van der Waals surface area contributed by atoms with E-state index < -0.39 is 0 Å². The van der Waals surface area contributed by atoms with Gasteiger partial charge in [-0.3, -0.25) is 4.78 Å². The van der Waals surface area contributed by atoms with Gasteiger partial charge in [-0.25, -0.2) is 0 Å². The first kappa shape index (κ1) is 12.4. The molecule has 0 aromatic rings. The lowest BCUT2D eigenvalue weighted by atomic mass is 9.96. The summed E-state index contributed by atoms with van der Waals surface area (Å²) in [6, 6.07) is 0. The minimum Gasteiger partial charge on any atom is -0.276 e. The van der Waals surface area contributed by atoms with Gasteiger partial charge in [0.15, 0.2) is 0 Å². The van der Waals surface area contributed by atoms with E-state index in [2.05, 4.69) is 39.0 Å². The molecule has 15 heavy (non-hydrogen) atoms. The van der Waals surface area contributed by atoms with Crippen LogP contribution in [0.15, 0.2) is 34.3 Å². The van der Waals surface area contributed by atoms with Gasteiger partial charge < -0.3 is 0 Å². The zero-order chi connectivity index (χ0) is 11.4. The van der Waals surface area contributed by atoms with Gasteiger partial charge in [-0.05, 0) is 37.2 Å². The highest BCUT2D eigenvalue weighted by molar-refractivity contribution is 7.89. The Morgan fingerprint density at radius 1 is 1.40 bits per heavy atom. The fourth-order valence-corrected chi connectivity index (χ4v) is 2.47. The van der Waals surface area contributed by atoms with Crippen LogP contribution in [0.3, 0.4) is 0 Å². The summed E-state index contributed by atoms with van der Waals surface area (Å²) in [5.41, 5.74) is 2.93. The van der Waals surface area contributed by atoms with Gasteiger partial charge in [0.1, 0.15) is 0 Å². The molecule has 0 saturated carbocycles. The van der Waals surface area contributed by atoms with E-state index in [9.17, 15) is 0 Å². The predicted molar refractivity (Wildman–Crippen MR) is 70.0 cm³/mol. The Morgan fingerprint density at radius 3 is 2.60 bits per heavy atom. The standard InChI is InChI=1S/C13H21NS/c1-5-6-12-7-8-13(15(4)14)9-10(2)11(12)3/h7-10,14H,5-6H2,1-4H3/t10?,15-/m0/s1. The monoisotopic (exact) mass is 223 g/mol. The van der Waals surface area contributed by atoms with Crippen LogP contribution in [-0.2, 0) is 10.7 Å². The van der Waals surface area contributed by atoms with E-state index in [1.54, 1.807) is 0 Å². The Morgan fingerprint density at radius 2 is 2.07 bits per heavy atom.